The Labute approximate surface area is 285 Å². The highest BCUT2D eigenvalue weighted by molar-refractivity contribution is 6.02. The van der Waals surface area contributed by atoms with Crippen LogP contribution in [0.5, 0.6) is 17.2 Å². The smallest absolute Gasteiger partial charge is 0.323 e. The maximum atomic E-state index is 14.4. The van der Waals surface area contributed by atoms with Crippen LogP contribution in [0, 0.1) is 11.8 Å². The van der Waals surface area contributed by atoms with Crippen LogP contribution in [0.4, 0.5) is 16.2 Å². The topological polar surface area (TPSA) is 122 Å². The Bertz CT molecular complexity index is 1370. The van der Waals surface area contributed by atoms with E-state index in [-0.39, 0.29) is 37.4 Å². The molecule has 1 fully saturated rings. The summed E-state index contributed by atoms with van der Waals surface area (Å²) in [6, 6.07) is 9.39. The first-order chi connectivity index (χ1) is 23.2. The maximum absolute atomic E-state index is 14.4. The van der Waals surface area contributed by atoms with Crippen molar-refractivity contribution in [2.45, 2.75) is 90.4 Å². The minimum atomic E-state index is -0.469. The van der Waals surface area contributed by atoms with E-state index in [4.69, 9.17) is 18.9 Å². The average Bonchev–Trinajstić information content (AvgIpc) is 3.54. The molecule has 264 valence electrons. The lowest BCUT2D eigenvalue weighted by Crippen LogP contribution is -2.47. The molecule has 3 N–H and O–H groups in total. The number of urea groups is 1. The standard InChI is InChI=1S/C37H54N4O7/c1-25-20-41(26(2)23-42)36(43)31-18-29(38-37(44)39-30-14-16-33-34(19-30)47-24-46-33)13-15-32(31)48-27(3)10-8-9-17-45-35(25)22-40(4)21-28-11-6-5-7-12-28/h13-16,18-19,25-28,35,42H,5-12,17,20-24H2,1-4H3,(H2,38,39,44)/t25-,26+,27-,35+/m0/s1. The highest BCUT2D eigenvalue weighted by atomic mass is 16.7. The molecule has 4 atom stereocenters. The van der Waals surface area contributed by atoms with Crippen molar-refractivity contribution in [3.63, 3.8) is 0 Å². The van der Waals surface area contributed by atoms with Crippen LogP contribution in [-0.4, -0.2) is 91.8 Å². The van der Waals surface area contributed by atoms with Gasteiger partial charge in [0.25, 0.3) is 5.91 Å². The van der Waals surface area contributed by atoms with Crippen LogP contribution < -0.4 is 24.8 Å². The van der Waals surface area contributed by atoms with Gasteiger partial charge in [0.2, 0.25) is 6.79 Å². The predicted molar refractivity (Wildman–Crippen MR) is 186 cm³/mol. The van der Waals surface area contributed by atoms with Gasteiger partial charge >= 0.3 is 6.03 Å². The highest BCUT2D eigenvalue weighted by Crippen LogP contribution is 2.34. The summed E-state index contributed by atoms with van der Waals surface area (Å²) >= 11 is 0. The summed E-state index contributed by atoms with van der Waals surface area (Å²) in [5.41, 5.74) is 1.31. The predicted octanol–water partition coefficient (Wildman–Crippen LogP) is 6.37. The normalized spacial score (nSPS) is 23.2. The van der Waals surface area contributed by atoms with Crippen LogP contribution >= 0.6 is 0 Å². The van der Waals surface area contributed by atoms with Gasteiger partial charge in [-0.3, -0.25) is 4.79 Å². The number of hydrogen-bond acceptors (Lipinski definition) is 8. The van der Waals surface area contributed by atoms with E-state index in [1.807, 2.05) is 13.8 Å². The van der Waals surface area contributed by atoms with E-state index in [9.17, 15) is 14.7 Å². The molecule has 11 heteroatoms. The molecule has 0 radical (unpaired) electrons. The third-order valence-electron chi connectivity index (χ3n) is 9.73. The summed E-state index contributed by atoms with van der Waals surface area (Å²) in [5.74, 6) is 2.11. The number of rotatable bonds is 8. The van der Waals surface area contributed by atoms with Gasteiger partial charge < -0.3 is 44.5 Å². The van der Waals surface area contributed by atoms with Crippen molar-refractivity contribution in [1.29, 1.82) is 0 Å². The number of likely N-dealkylation sites (N-methyl/N-ethyl adjacent to an activating group) is 1. The molecular formula is C37H54N4O7. The lowest BCUT2D eigenvalue weighted by molar-refractivity contribution is -0.0190. The number of benzene rings is 2. The molecule has 1 aliphatic carbocycles. The Balaban J connectivity index is 1.35. The van der Waals surface area contributed by atoms with Crippen molar-refractivity contribution in [3.8, 4) is 17.2 Å². The second kappa shape index (κ2) is 17.2. The zero-order valence-corrected chi connectivity index (χ0v) is 29.0. The number of fused-ring (bicyclic) bond motifs is 2. The number of carbonyl (C=O) groups is 2. The fraction of sp³-hybridized carbons (Fsp3) is 0.622. The number of carbonyl (C=O) groups excluding carboxylic acids is 2. The molecule has 2 heterocycles. The molecule has 0 aromatic heterocycles. The minimum Gasteiger partial charge on any atom is -0.490 e. The molecule has 0 saturated heterocycles. The molecule has 3 amide bonds. The van der Waals surface area contributed by atoms with Gasteiger partial charge in [-0.2, -0.15) is 0 Å². The maximum Gasteiger partial charge on any atom is 0.323 e. The number of nitrogens with zero attached hydrogens (tertiary/aromatic N) is 2. The van der Waals surface area contributed by atoms with E-state index in [1.165, 1.54) is 32.1 Å². The summed E-state index contributed by atoms with van der Waals surface area (Å²) < 4.78 is 23.7. The lowest BCUT2D eigenvalue weighted by Gasteiger charge is -2.36. The third-order valence-corrected chi connectivity index (χ3v) is 9.73. The summed E-state index contributed by atoms with van der Waals surface area (Å²) in [7, 11) is 2.18. The van der Waals surface area contributed by atoms with Gasteiger partial charge in [0.05, 0.1) is 30.4 Å². The third kappa shape index (κ3) is 9.76. The molecule has 0 bridgehead atoms. The van der Waals surface area contributed by atoms with E-state index in [2.05, 4.69) is 29.5 Å². The SMILES string of the molecule is C[C@H](CO)N1C[C@H](C)[C@@H](CN(C)CC2CCCCC2)OCCCC[C@H](C)Oc2ccc(NC(=O)Nc3ccc4c(c3)OCO4)cc2C1=O. The van der Waals surface area contributed by atoms with Crippen molar-refractivity contribution in [2.24, 2.45) is 11.8 Å². The van der Waals surface area contributed by atoms with E-state index < -0.39 is 12.1 Å². The van der Waals surface area contributed by atoms with Gasteiger partial charge in [-0.05, 0) is 89.2 Å². The second-order valence-electron chi connectivity index (χ2n) is 13.9. The van der Waals surface area contributed by atoms with Crippen LogP contribution in [0.3, 0.4) is 0 Å². The van der Waals surface area contributed by atoms with E-state index in [1.54, 1.807) is 41.3 Å². The minimum absolute atomic E-state index is 0.0109. The Morgan fingerprint density at radius 1 is 0.938 bits per heavy atom. The van der Waals surface area contributed by atoms with Crippen LogP contribution in [-0.2, 0) is 4.74 Å². The zero-order chi connectivity index (χ0) is 34.0. The Kier molecular flexibility index (Phi) is 12.8. The highest BCUT2D eigenvalue weighted by Gasteiger charge is 2.31. The number of hydrogen-bond donors (Lipinski definition) is 3. The molecule has 0 unspecified atom stereocenters. The molecule has 2 aliphatic heterocycles. The number of anilines is 2. The Hall–Kier alpha value is -3.54. The lowest BCUT2D eigenvalue weighted by atomic mass is 9.89. The van der Waals surface area contributed by atoms with Crippen LogP contribution in [0.25, 0.3) is 0 Å². The monoisotopic (exact) mass is 666 g/mol. The molecule has 48 heavy (non-hydrogen) atoms. The van der Waals surface area contributed by atoms with Gasteiger partial charge in [0.15, 0.2) is 11.5 Å². The molecular weight excluding hydrogens is 612 g/mol. The molecule has 5 rings (SSSR count). The van der Waals surface area contributed by atoms with Crippen molar-refractivity contribution in [2.75, 3.05) is 57.3 Å². The number of aliphatic hydroxyl groups is 1. The van der Waals surface area contributed by atoms with E-state index in [0.29, 0.717) is 47.3 Å². The molecule has 11 nitrogen and oxygen atoms in total. The van der Waals surface area contributed by atoms with Crippen LogP contribution in [0.15, 0.2) is 36.4 Å². The van der Waals surface area contributed by atoms with Gasteiger partial charge in [0, 0.05) is 49.6 Å². The van der Waals surface area contributed by atoms with Gasteiger partial charge in [-0.1, -0.05) is 26.2 Å². The summed E-state index contributed by atoms with van der Waals surface area (Å²) in [5, 5.41) is 15.9. The summed E-state index contributed by atoms with van der Waals surface area (Å²) in [6.45, 7) is 8.85. The van der Waals surface area contributed by atoms with Crippen LogP contribution in [0.2, 0.25) is 0 Å². The Morgan fingerprint density at radius 3 is 2.38 bits per heavy atom. The summed E-state index contributed by atoms with van der Waals surface area (Å²) in [6.07, 6.45) is 9.03. The number of amides is 3. The fourth-order valence-corrected chi connectivity index (χ4v) is 6.92. The molecule has 0 spiro atoms. The van der Waals surface area contributed by atoms with E-state index >= 15 is 0 Å². The molecule has 2 aromatic rings. The zero-order valence-electron chi connectivity index (χ0n) is 29.0. The Morgan fingerprint density at radius 2 is 1.62 bits per heavy atom. The fourth-order valence-electron chi connectivity index (χ4n) is 6.92. The van der Waals surface area contributed by atoms with Crippen molar-refractivity contribution in [3.05, 3.63) is 42.0 Å². The van der Waals surface area contributed by atoms with Crippen molar-refractivity contribution >= 4 is 23.3 Å². The largest absolute Gasteiger partial charge is 0.490 e. The van der Waals surface area contributed by atoms with Gasteiger partial charge in [0.1, 0.15) is 5.75 Å². The van der Waals surface area contributed by atoms with Gasteiger partial charge in [-0.25, -0.2) is 4.79 Å². The van der Waals surface area contributed by atoms with Crippen molar-refractivity contribution < 1.29 is 33.6 Å². The van der Waals surface area contributed by atoms with Crippen LogP contribution in [0.1, 0.15) is 82.5 Å². The quantitative estimate of drug-likeness (QED) is 0.297. The van der Waals surface area contributed by atoms with E-state index in [0.717, 1.165) is 38.3 Å². The summed E-state index contributed by atoms with van der Waals surface area (Å²) in [4.78, 5) is 31.5. The number of aliphatic hydroxyl groups excluding tert-OH is 1. The second-order valence-corrected chi connectivity index (χ2v) is 13.9. The number of ether oxygens (including phenoxy) is 4. The van der Waals surface area contributed by atoms with Gasteiger partial charge in [-0.15, -0.1) is 0 Å². The van der Waals surface area contributed by atoms with Crippen molar-refractivity contribution in [1.82, 2.24) is 9.80 Å². The molecule has 2 aromatic carbocycles. The first kappa shape index (κ1) is 35.8. The average molecular weight is 667 g/mol. The molecule has 1 saturated carbocycles. The number of nitrogens with one attached hydrogen (secondary N) is 2. The molecule has 3 aliphatic rings. The first-order valence-electron chi connectivity index (χ1n) is 17.7. The first-order valence-corrected chi connectivity index (χ1v) is 17.7.